The standard InChI is InChI=1S/C14H23N5/c1-4-6-16-13(12-10-15-11-18(12)3)14-17-7-9-19(14)8-5-2/h7,9-11,13,16H,4-6,8H2,1-3H3. The lowest BCUT2D eigenvalue weighted by molar-refractivity contribution is 0.511. The van der Waals surface area contributed by atoms with E-state index in [0.29, 0.717) is 0 Å². The first-order chi connectivity index (χ1) is 9.27. The highest BCUT2D eigenvalue weighted by Gasteiger charge is 2.20. The summed E-state index contributed by atoms with van der Waals surface area (Å²) in [7, 11) is 2.02. The van der Waals surface area contributed by atoms with Gasteiger partial charge in [0.1, 0.15) is 11.9 Å². The summed E-state index contributed by atoms with van der Waals surface area (Å²) < 4.78 is 4.28. The van der Waals surface area contributed by atoms with Gasteiger partial charge < -0.3 is 14.5 Å². The van der Waals surface area contributed by atoms with Gasteiger partial charge in [-0.3, -0.25) is 0 Å². The Bertz CT molecular complexity index is 499. The van der Waals surface area contributed by atoms with Crippen LogP contribution in [0.5, 0.6) is 0 Å². The van der Waals surface area contributed by atoms with Gasteiger partial charge in [0.05, 0.1) is 18.2 Å². The average Bonchev–Trinajstić information content (AvgIpc) is 3.01. The van der Waals surface area contributed by atoms with E-state index in [0.717, 1.165) is 37.4 Å². The minimum absolute atomic E-state index is 0.106. The lowest BCUT2D eigenvalue weighted by Crippen LogP contribution is -2.27. The number of imidazole rings is 2. The summed E-state index contributed by atoms with van der Waals surface area (Å²) in [6.07, 6.45) is 9.89. The van der Waals surface area contributed by atoms with Crippen LogP contribution in [-0.2, 0) is 13.6 Å². The van der Waals surface area contributed by atoms with E-state index in [1.165, 1.54) is 0 Å². The van der Waals surface area contributed by atoms with Gasteiger partial charge in [0.25, 0.3) is 0 Å². The molecular weight excluding hydrogens is 238 g/mol. The lowest BCUT2D eigenvalue weighted by Gasteiger charge is -2.20. The van der Waals surface area contributed by atoms with E-state index in [-0.39, 0.29) is 6.04 Å². The molecule has 104 valence electrons. The summed E-state index contributed by atoms with van der Waals surface area (Å²) >= 11 is 0. The zero-order valence-electron chi connectivity index (χ0n) is 12.0. The largest absolute Gasteiger partial charge is 0.336 e. The van der Waals surface area contributed by atoms with Crippen molar-refractivity contribution < 1.29 is 0 Å². The molecule has 0 aliphatic carbocycles. The Kier molecular flexibility index (Phi) is 4.74. The van der Waals surface area contributed by atoms with E-state index in [1.807, 2.05) is 25.8 Å². The number of aryl methyl sites for hydroxylation is 2. The molecule has 0 aromatic carbocycles. The molecule has 2 rings (SSSR count). The first-order valence-electron chi connectivity index (χ1n) is 6.98. The molecule has 19 heavy (non-hydrogen) atoms. The maximum Gasteiger partial charge on any atom is 0.132 e. The van der Waals surface area contributed by atoms with E-state index in [9.17, 15) is 0 Å². The highest BCUT2D eigenvalue weighted by atomic mass is 15.1. The highest BCUT2D eigenvalue weighted by Crippen LogP contribution is 2.20. The fraction of sp³-hybridized carbons (Fsp3) is 0.571. The Balaban J connectivity index is 2.31. The van der Waals surface area contributed by atoms with Crippen molar-refractivity contribution in [3.63, 3.8) is 0 Å². The number of rotatable bonds is 7. The average molecular weight is 261 g/mol. The highest BCUT2D eigenvalue weighted by molar-refractivity contribution is 5.16. The molecule has 0 fully saturated rings. The molecule has 0 radical (unpaired) electrons. The lowest BCUT2D eigenvalue weighted by atomic mass is 10.2. The van der Waals surface area contributed by atoms with Gasteiger partial charge in [-0.15, -0.1) is 0 Å². The van der Waals surface area contributed by atoms with Crippen molar-refractivity contribution in [1.82, 2.24) is 24.4 Å². The number of nitrogens with one attached hydrogen (secondary N) is 1. The SMILES string of the molecule is CCCNC(c1cncn1C)c1nccn1CCC. The molecule has 5 nitrogen and oxygen atoms in total. The van der Waals surface area contributed by atoms with Crippen LogP contribution in [0, 0.1) is 0 Å². The molecule has 0 saturated heterocycles. The zero-order valence-corrected chi connectivity index (χ0v) is 12.0. The second-order valence-corrected chi connectivity index (χ2v) is 4.80. The van der Waals surface area contributed by atoms with E-state index < -0.39 is 0 Å². The van der Waals surface area contributed by atoms with Crippen LogP contribution in [0.1, 0.15) is 44.2 Å². The van der Waals surface area contributed by atoms with Crippen LogP contribution in [0.4, 0.5) is 0 Å². The van der Waals surface area contributed by atoms with Gasteiger partial charge >= 0.3 is 0 Å². The van der Waals surface area contributed by atoms with Crippen molar-refractivity contribution in [2.45, 2.75) is 39.3 Å². The molecule has 2 aromatic heterocycles. The molecule has 1 unspecified atom stereocenters. The summed E-state index contributed by atoms with van der Waals surface area (Å²) in [5.41, 5.74) is 1.15. The predicted octanol–water partition coefficient (Wildman–Crippen LogP) is 2.12. The number of hydrogen-bond acceptors (Lipinski definition) is 3. The van der Waals surface area contributed by atoms with Gasteiger partial charge in [-0.2, -0.15) is 0 Å². The smallest absolute Gasteiger partial charge is 0.132 e. The third-order valence-corrected chi connectivity index (χ3v) is 3.22. The molecule has 0 amide bonds. The Labute approximate surface area is 114 Å². The minimum atomic E-state index is 0.106. The molecule has 1 atom stereocenters. The third-order valence-electron chi connectivity index (χ3n) is 3.22. The van der Waals surface area contributed by atoms with Crippen LogP contribution in [-0.4, -0.2) is 25.6 Å². The molecule has 0 spiro atoms. The van der Waals surface area contributed by atoms with Crippen molar-refractivity contribution in [1.29, 1.82) is 0 Å². The molecule has 1 N–H and O–H groups in total. The van der Waals surface area contributed by atoms with Gasteiger partial charge in [0, 0.05) is 26.0 Å². The summed E-state index contributed by atoms with van der Waals surface area (Å²) in [6, 6.07) is 0.106. The maximum absolute atomic E-state index is 4.54. The van der Waals surface area contributed by atoms with E-state index >= 15 is 0 Å². The quantitative estimate of drug-likeness (QED) is 0.830. The van der Waals surface area contributed by atoms with Crippen LogP contribution in [0.3, 0.4) is 0 Å². The predicted molar refractivity (Wildman–Crippen MR) is 75.9 cm³/mol. The Morgan fingerprint density at radius 2 is 2.16 bits per heavy atom. The van der Waals surface area contributed by atoms with E-state index in [1.54, 1.807) is 0 Å². The van der Waals surface area contributed by atoms with Crippen molar-refractivity contribution in [2.24, 2.45) is 7.05 Å². The Hall–Kier alpha value is -1.62. The van der Waals surface area contributed by atoms with Gasteiger partial charge in [-0.25, -0.2) is 9.97 Å². The summed E-state index contributed by atoms with van der Waals surface area (Å²) in [5, 5.41) is 3.57. The number of hydrogen-bond donors (Lipinski definition) is 1. The van der Waals surface area contributed by atoms with E-state index in [4.69, 9.17) is 0 Å². The van der Waals surface area contributed by atoms with Gasteiger partial charge in [-0.05, 0) is 19.4 Å². The second kappa shape index (κ2) is 6.52. The topological polar surface area (TPSA) is 47.7 Å². The third kappa shape index (κ3) is 3.04. The molecule has 2 aromatic rings. The first-order valence-corrected chi connectivity index (χ1v) is 6.98. The van der Waals surface area contributed by atoms with Crippen molar-refractivity contribution in [3.05, 3.63) is 36.4 Å². The normalized spacial score (nSPS) is 12.8. The maximum atomic E-state index is 4.54. The molecular formula is C14H23N5. The number of aromatic nitrogens is 4. The summed E-state index contributed by atoms with van der Waals surface area (Å²) in [5.74, 6) is 1.07. The second-order valence-electron chi connectivity index (χ2n) is 4.80. The Morgan fingerprint density at radius 3 is 2.79 bits per heavy atom. The van der Waals surface area contributed by atoms with E-state index in [2.05, 4.69) is 44.5 Å². The van der Waals surface area contributed by atoms with Crippen LogP contribution >= 0.6 is 0 Å². The van der Waals surface area contributed by atoms with Crippen molar-refractivity contribution in [2.75, 3.05) is 6.54 Å². The summed E-state index contributed by atoms with van der Waals surface area (Å²) in [6.45, 7) is 6.32. The minimum Gasteiger partial charge on any atom is -0.336 e. The van der Waals surface area contributed by atoms with Crippen LogP contribution in [0.25, 0.3) is 0 Å². The Morgan fingerprint density at radius 1 is 1.32 bits per heavy atom. The molecule has 5 heteroatoms. The molecule has 2 heterocycles. The molecule has 0 saturated carbocycles. The van der Waals surface area contributed by atoms with Crippen LogP contribution < -0.4 is 5.32 Å². The van der Waals surface area contributed by atoms with Crippen molar-refractivity contribution >= 4 is 0 Å². The molecule has 0 aliphatic rings. The fourth-order valence-electron chi connectivity index (χ4n) is 2.27. The van der Waals surface area contributed by atoms with Gasteiger partial charge in [0.15, 0.2) is 0 Å². The van der Waals surface area contributed by atoms with Crippen molar-refractivity contribution in [3.8, 4) is 0 Å². The van der Waals surface area contributed by atoms with Crippen LogP contribution in [0.2, 0.25) is 0 Å². The van der Waals surface area contributed by atoms with Crippen LogP contribution in [0.15, 0.2) is 24.9 Å². The molecule has 0 bridgehead atoms. The molecule has 0 aliphatic heterocycles. The number of nitrogens with zero attached hydrogens (tertiary/aromatic N) is 4. The monoisotopic (exact) mass is 261 g/mol. The first kappa shape index (κ1) is 13.8. The fourth-order valence-corrected chi connectivity index (χ4v) is 2.27. The zero-order chi connectivity index (χ0) is 13.7. The summed E-state index contributed by atoms with van der Waals surface area (Å²) in [4.78, 5) is 8.77. The van der Waals surface area contributed by atoms with Gasteiger partial charge in [0.2, 0.25) is 0 Å². The van der Waals surface area contributed by atoms with Gasteiger partial charge in [-0.1, -0.05) is 13.8 Å².